The summed E-state index contributed by atoms with van der Waals surface area (Å²) >= 11 is 0. The second-order valence-corrected chi connectivity index (χ2v) is 5.90. The van der Waals surface area contributed by atoms with Crippen LogP contribution in [0.1, 0.15) is 0 Å². The lowest BCUT2D eigenvalue weighted by Gasteiger charge is -2.06. The Hall–Kier alpha value is -2.17. The third-order valence-corrected chi connectivity index (χ3v) is 4.02. The fourth-order valence-corrected chi connectivity index (χ4v) is 2.71. The van der Waals surface area contributed by atoms with Crippen LogP contribution in [0.2, 0.25) is 0 Å². The lowest BCUT2D eigenvalue weighted by molar-refractivity contribution is -0.142. The molecule has 10 heteroatoms. The minimum atomic E-state index is -3.76. The minimum Gasteiger partial charge on any atom is -0.480 e. The summed E-state index contributed by atoms with van der Waals surface area (Å²) in [6.45, 7) is -0.607. The van der Waals surface area contributed by atoms with Gasteiger partial charge in [0.2, 0.25) is 10.0 Å². The zero-order chi connectivity index (χ0) is 15.5. The maximum absolute atomic E-state index is 12.0. The second-order valence-electron chi connectivity index (χ2n) is 4.13. The molecule has 0 bridgehead atoms. The number of rotatable bonds is 7. The summed E-state index contributed by atoms with van der Waals surface area (Å²) in [5, 5.41) is 8.36. The van der Waals surface area contributed by atoms with Gasteiger partial charge in [0, 0.05) is 6.54 Å². The van der Waals surface area contributed by atoms with E-state index in [4.69, 9.17) is 9.84 Å². The van der Waals surface area contributed by atoms with Crippen LogP contribution in [0.4, 0.5) is 0 Å². The fourth-order valence-electron chi connectivity index (χ4n) is 1.67. The van der Waals surface area contributed by atoms with Crippen molar-refractivity contribution in [2.75, 3.05) is 19.8 Å². The standard InChI is InChI=1S/C11H13N3O6S/c15-10(16)6-20-4-3-12-21(18,19)7-1-2-8-9(5-7)14-11(17)13-8/h1-2,5,12H,3-4,6H2,(H,15,16)(H2,13,14,17). The summed E-state index contributed by atoms with van der Waals surface area (Å²) < 4.78 is 31.0. The van der Waals surface area contributed by atoms with Crippen molar-refractivity contribution >= 4 is 27.0 Å². The molecule has 4 N–H and O–H groups in total. The van der Waals surface area contributed by atoms with Gasteiger partial charge >= 0.3 is 11.7 Å². The van der Waals surface area contributed by atoms with E-state index in [0.29, 0.717) is 11.0 Å². The van der Waals surface area contributed by atoms with Gasteiger partial charge in [-0.05, 0) is 18.2 Å². The number of aromatic amines is 2. The Morgan fingerprint density at radius 3 is 2.71 bits per heavy atom. The van der Waals surface area contributed by atoms with E-state index in [0.717, 1.165) is 0 Å². The molecule has 1 heterocycles. The molecule has 0 spiro atoms. The van der Waals surface area contributed by atoms with Crippen LogP contribution in [0.25, 0.3) is 11.0 Å². The van der Waals surface area contributed by atoms with Crippen LogP contribution in [0.3, 0.4) is 0 Å². The van der Waals surface area contributed by atoms with Crippen molar-refractivity contribution in [1.82, 2.24) is 14.7 Å². The molecule has 0 aliphatic rings. The molecule has 0 aliphatic carbocycles. The smallest absolute Gasteiger partial charge is 0.329 e. The van der Waals surface area contributed by atoms with Crippen molar-refractivity contribution in [3.63, 3.8) is 0 Å². The van der Waals surface area contributed by atoms with Gasteiger partial charge < -0.3 is 19.8 Å². The van der Waals surface area contributed by atoms with Gasteiger partial charge in [0.25, 0.3) is 0 Å². The number of aliphatic carboxylic acids is 1. The molecule has 9 nitrogen and oxygen atoms in total. The predicted octanol–water partition coefficient (Wildman–Crippen LogP) is -0.764. The summed E-state index contributed by atoms with van der Waals surface area (Å²) in [7, 11) is -3.76. The molecule has 2 rings (SSSR count). The number of carbonyl (C=O) groups is 1. The van der Waals surface area contributed by atoms with Gasteiger partial charge in [-0.1, -0.05) is 0 Å². The maximum Gasteiger partial charge on any atom is 0.329 e. The van der Waals surface area contributed by atoms with Crippen molar-refractivity contribution in [3.8, 4) is 0 Å². The number of carboxylic acids is 1. The molecule has 1 aromatic heterocycles. The number of H-pyrrole nitrogens is 2. The molecule has 0 aliphatic heterocycles. The highest BCUT2D eigenvalue weighted by molar-refractivity contribution is 7.89. The van der Waals surface area contributed by atoms with Gasteiger partial charge in [0.1, 0.15) is 6.61 Å². The summed E-state index contributed by atoms with van der Waals surface area (Å²) in [6.07, 6.45) is 0. The SMILES string of the molecule is O=C(O)COCCNS(=O)(=O)c1ccc2[nH]c(=O)[nH]c2c1. The summed E-state index contributed by atoms with van der Waals surface area (Å²) in [6, 6.07) is 4.16. The first-order valence-electron chi connectivity index (χ1n) is 5.90. The Balaban J connectivity index is 2.03. The van der Waals surface area contributed by atoms with Gasteiger partial charge in [-0.3, -0.25) is 0 Å². The van der Waals surface area contributed by atoms with Crippen molar-refractivity contribution in [2.24, 2.45) is 0 Å². The first kappa shape index (κ1) is 15.2. The molecule has 0 saturated heterocycles. The molecule has 2 aromatic rings. The number of nitrogens with one attached hydrogen (secondary N) is 3. The lowest BCUT2D eigenvalue weighted by Crippen LogP contribution is -2.28. The first-order valence-corrected chi connectivity index (χ1v) is 7.38. The van der Waals surface area contributed by atoms with Crippen molar-refractivity contribution < 1.29 is 23.1 Å². The van der Waals surface area contributed by atoms with Crippen LogP contribution in [0.15, 0.2) is 27.9 Å². The molecule has 1 aromatic carbocycles. The molecule has 0 radical (unpaired) electrons. The monoisotopic (exact) mass is 315 g/mol. The Morgan fingerprint density at radius 2 is 2.00 bits per heavy atom. The quantitative estimate of drug-likeness (QED) is 0.495. The first-order chi connectivity index (χ1) is 9.88. The zero-order valence-electron chi connectivity index (χ0n) is 10.8. The Morgan fingerprint density at radius 1 is 1.29 bits per heavy atom. The molecule has 0 amide bonds. The van der Waals surface area contributed by atoms with Crippen LogP contribution >= 0.6 is 0 Å². The van der Waals surface area contributed by atoms with E-state index in [1.807, 2.05) is 0 Å². The number of benzene rings is 1. The number of imidazole rings is 1. The van der Waals surface area contributed by atoms with E-state index in [-0.39, 0.29) is 18.0 Å². The normalized spacial score (nSPS) is 11.8. The van der Waals surface area contributed by atoms with Crippen LogP contribution < -0.4 is 10.4 Å². The van der Waals surface area contributed by atoms with Gasteiger partial charge in [-0.25, -0.2) is 22.7 Å². The molecule has 0 saturated carbocycles. The number of hydrogen-bond acceptors (Lipinski definition) is 5. The van der Waals surface area contributed by atoms with E-state index >= 15 is 0 Å². The Bertz CT molecular complexity index is 807. The molecule has 0 unspecified atom stereocenters. The maximum atomic E-state index is 12.0. The highest BCUT2D eigenvalue weighted by Crippen LogP contribution is 2.14. The van der Waals surface area contributed by atoms with E-state index in [1.165, 1.54) is 18.2 Å². The number of fused-ring (bicyclic) bond motifs is 1. The number of hydrogen-bond donors (Lipinski definition) is 4. The second kappa shape index (κ2) is 6.08. The van der Waals surface area contributed by atoms with Crippen LogP contribution in [0.5, 0.6) is 0 Å². The van der Waals surface area contributed by atoms with Crippen molar-refractivity contribution in [1.29, 1.82) is 0 Å². The third kappa shape index (κ3) is 3.90. The van der Waals surface area contributed by atoms with E-state index in [2.05, 4.69) is 14.7 Å². The highest BCUT2D eigenvalue weighted by atomic mass is 32.2. The summed E-state index contributed by atoms with van der Waals surface area (Å²) in [5.41, 5.74) is 0.461. The zero-order valence-corrected chi connectivity index (χ0v) is 11.6. The molecular formula is C11H13N3O6S. The molecular weight excluding hydrogens is 302 g/mol. The average Bonchev–Trinajstić information content (AvgIpc) is 2.76. The van der Waals surface area contributed by atoms with Crippen molar-refractivity contribution in [3.05, 3.63) is 28.7 Å². The Labute approximate surface area is 119 Å². The molecule has 0 atom stereocenters. The van der Waals surface area contributed by atoms with E-state index < -0.39 is 28.3 Å². The summed E-state index contributed by atoms with van der Waals surface area (Å²) in [5.74, 6) is -1.13. The highest BCUT2D eigenvalue weighted by Gasteiger charge is 2.14. The fraction of sp³-hybridized carbons (Fsp3) is 0.273. The van der Waals surface area contributed by atoms with E-state index in [9.17, 15) is 18.0 Å². The Kier molecular flexibility index (Phi) is 4.40. The largest absolute Gasteiger partial charge is 0.480 e. The number of ether oxygens (including phenoxy) is 1. The topological polar surface area (TPSA) is 141 Å². The number of carboxylic acid groups (broad SMARTS) is 1. The van der Waals surface area contributed by atoms with Gasteiger partial charge in [-0.15, -0.1) is 0 Å². The predicted molar refractivity (Wildman–Crippen MR) is 72.6 cm³/mol. The van der Waals surface area contributed by atoms with Gasteiger partial charge in [0.05, 0.1) is 22.5 Å². The average molecular weight is 315 g/mol. The number of sulfonamides is 1. The molecule has 114 valence electrons. The number of aromatic nitrogens is 2. The summed E-state index contributed by atoms with van der Waals surface area (Å²) in [4.78, 5) is 26.3. The molecule has 0 fully saturated rings. The lowest BCUT2D eigenvalue weighted by atomic mass is 10.3. The van der Waals surface area contributed by atoms with Crippen LogP contribution in [0, 0.1) is 0 Å². The molecule has 21 heavy (non-hydrogen) atoms. The van der Waals surface area contributed by atoms with Crippen molar-refractivity contribution in [2.45, 2.75) is 4.90 Å². The van der Waals surface area contributed by atoms with E-state index in [1.54, 1.807) is 0 Å². The van der Waals surface area contributed by atoms with Crippen LogP contribution in [-0.2, 0) is 19.6 Å². The third-order valence-electron chi connectivity index (χ3n) is 2.56. The van der Waals surface area contributed by atoms with Gasteiger partial charge in [0.15, 0.2) is 0 Å². The van der Waals surface area contributed by atoms with Gasteiger partial charge in [-0.2, -0.15) is 0 Å². The minimum absolute atomic E-state index is 0.0107. The van der Waals surface area contributed by atoms with Crippen LogP contribution in [-0.4, -0.2) is 49.2 Å².